The number of pyridine rings is 1. The largest absolute Gasteiger partial charge is 0.391 e. The smallest absolute Gasteiger partial charge is 0.0429 e. The van der Waals surface area contributed by atoms with E-state index in [1.54, 1.807) is 0 Å². The lowest BCUT2D eigenvalue weighted by atomic mass is 9.98. The van der Waals surface area contributed by atoms with Crippen LogP contribution in [0.25, 0.3) is 5.57 Å². The van der Waals surface area contributed by atoms with Crippen LogP contribution in [-0.2, 0) is 0 Å². The zero-order valence-corrected chi connectivity index (χ0v) is 11.5. The summed E-state index contributed by atoms with van der Waals surface area (Å²) >= 11 is 0. The van der Waals surface area contributed by atoms with Crippen molar-refractivity contribution in [1.82, 2.24) is 10.3 Å². The standard InChI is InChI=1S/C15H22N2/c1-10(2)14-8-7-13(9-17-14)15(11(3)4)12(5)16-6/h7-10,16H,3H2,1-2,4-6H3/b15-12+. The van der Waals surface area contributed by atoms with Gasteiger partial charge in [-0.05, 0) is 31.4 Å². The molecule has 0 saturated heterocycles. The topological polar surface area (TPSA) is 24.9 Å². The third-order valence-corrected chi connectivity index (χ3v) is 2.84. The molecule has 1 aromatic rings. The average Bonchev–Trinajstić information content (AvgIpc) is 2.29. The molecule has 0 spiro atoms. The number of nitrogens with zero attached hydrogens (tertiary/aromatic N) is 1. The average molecular weight is 230 g/mol. The Morgan fingerprint density at radius 3 is 2.29 bits per heavy atom. The van der Waals surface area contributed by atoms with Crippen LogP contribution in [0.1, 0.15) is 44.9 Å². The van der Waals surface area contributed by atoms with Gasteiger partial charge in [0.15, 0.2) is 0 Å². The molecule has 0 saturated carbocycles. The van der Waals surface area contributed by atoms with Crippen molar-refractivity contribution in [1.29, 1.82) is 0 Å². The van der Waals surface area contributed by atoms with E-state index < -0.39 is 0 Å². The Morgan fingerprint density at radius 1 is 1.29 bits per heavy atom. The minimum atomic E-state index is 0.465. The van der Waals surface area contributed by atoms with E-state index in [1.165, 1.54) is 0 Å². The fourth-order valence-corrected chi connectivity index (χ4v) is 1.80. The third-order valence-electron chi connectivity index (χ3n) is 2.84. The van der Waals surface area contributed by atoms with Crippen LogP contribution in [0.4, 0.5) is 0 Å². The number of allylic oxidation sites excluding steroid dienone is 3. The maximum atomic E-state index is 4.50. The van der Waals surface area contributed by atoms with Gasteiger partial charge < -0.3 is 5.32 Å². The fraction of sp³-hybridized carbons (Fsp3) is 0.400. The van der Waals surface area contributed by atoms with E-state index in [0.717, 1.165) is 28.1 Å². The Labute approximate surface area is 104 Å². The first-order valence-corrected chi connectivity index (χ1v) is 5.98. The van der Waals surface area contributed by atoms with Gasteiger partial charge in [-0.1, -0.05) is 26.5 Å². The Bertz CT molecular complexity index is 425. The summed E-state index contributed by atoms with van der Waals surface area (Å²) in [5.41, 5.74) is 5.56. The molecule has 92 valence electrons. The van der Waals surface area contributed by atoms with Crippen molar-refractivity contribution in [2.24, 2.45) is 0 Å². The predicted octanol–water partition coefficient (Wildman–Crippen LogP) is 3.73. The van der Waals surface area contributed by atoms with Gasteiger partial charge in [-0.2, -0.15) is 0 Å². The molecule has 1 heterocycles. The summed E-state index contributed by atoms with van der Waals surface area (Å²) in [6.45, 7) is 12.4. The number of rotatable bonds is 4. The summed E-state index contributed by atoms with van der Waals surface area (Å²) in [7, 11) is 1.92. The monoisotopic (exact) mass is 230 g/mol. The normalized spacial score (nSPS) is 12.4. The predicted molar refractivity (Wildman–Crippen MR) is 74.8 cm³/mol. The van der Waals surface area contributed by atoms with Crippen LogP contribution < -0.4 is 5.32 Å². The lowest BCUT2D eigenvalue weighted by Gasteiger charge is -2.13. The fourth-order valence-electron chi connectivity index (χ4n) is 1.80. The number of hydrogen-bond donors (Lipinski definition) is 1. The zero-order valence-electron chi connectivity index (χ0n) is 11.5. The molecule has 0 radical (unpaired) electrons. The van der Waals surface area contributed by atoms with E-state index in [-0.39, 0.29) is 0 Å². The molecule has 2 heteroatoms. The van der Waals surface area contributed by atoms with Crippen molar-refractivity contribution in [3.05, 3.63) is 47.4 Å². The van der Waals surface area contributed by atoms with E-state index in [0.29, 0.717) is 5.92 Å². The second kappa shape index (κ2) is 5.67. The molecule has 0 aliphatic heterocycles. The quantitative estimate of drug-likeness (QED) is 0.797. The van der Waals surface area contributed by atoms with E-state index in [4.69, 9.17) is 0 Å². The first-order valence-electron chi connectivity index (χ1n) is 5.98. The number of aromatic nitrogens is 1. The van der Waals surface area contributed by atoms with Gasteiger partial charge >= 0.3 is 0 Å². The molecule has 0 atom stereocenters. The van der Waals surface area contributed by atoms with E-state index >= 15 is 0 Å². The van der Waals surface area contributed by atoms with Crippen LogP contribution in [0.2, 0.25) is 0 Å². The number of nitrogens with one attached hydrogen (secondary N) is 1. The van der Waals surface area contributed by atoms with Gasteiger partial charge in [0.05, 0.1) is 0 Å². The van der Waals surface area contributed by atoms with Crippen LogP contribution in [-0.4, -0.2) is 12.0 Å². The molecule has 1 aromatic heterocycles. The molecule has 17 heavy (non-hydrogen) atoms. The van der Waals surface area contributed by atoms with Gasteiger partial charge in [-0.25, -0.2) is 0 Å². The lowest BCUT2D eigenvalue weighted by molar-refractivity contribution is 0.822. The Hall–Kier alpha value is -1.57. The minimum Gasteiger partial charge on any atom is -0.391 e. The van der Waals surface area contributed by atoms with Gasteiger partial charge in [0, 0.05) is 35.8 Å². The summed E-state index contributed by atoms with van der Waals surface area (Å²) in [5.74, 6) is 0.465. The second-order valence-electron chi connectivity index (χ2n) is 4.66. The maximum absolute atomic E-state index is 4.50. The highest BCUT2D eigenvalue weighted by molar-refractivity contribution is 5.79. The summed E-state index contributed by atoms with van der Waals surface area (Å²) in [6.07, 6.45) is 1.93. The highest BCUT2D eigenvalue weighted by Crippen LogP contribution is 2.24. The first-order chi connectivity index (χ1) is 7.97. The zero-order chi connectivity index (χ0) is 13.0. The number of hydrogen-bond acceptors (Lipinski definition) is 2. The molecule has 2 nitrogen and oxygen atoms in total. The van der Waals surface area contributed by atoms with Crippen molar-refractivity contribution >= 4 is 5.57 Å². The molecule has 0 aromatic carbocycles. The van der Waals surface area contributed by atoms with Crippen LogP contribution in [0, 0.1) is 0 Å². The molecule has 0 aliphatic rings. The molecule has 0 unspecified atom stereocenters. The summed E-state index contributed by atoms with van der Waals surface area (Å²) in [4.78, 5) is 4.50. The van der Waals surface area contributed by atoms with Crippen LogP contribution in [0.5, 0.6) is 0 Å². The van der Waals surface area contributed by atoms with Crippen LogP contribution in [0.15, 0.2) is 36.2 Å². The molecule has 0 fully saturated rings. The Kier molecular flexibility index (Phi) is 4.50. The molecule has 0 amide bonds. The highest BCUT2D eigenvalue weighted by Gasteiger charge is 2.08. The van der Waals surface area contributed by atoms with Crippen molar-refractivity contribution in [3.8, 4) is 0 Å². The van der Waals surface area contributed by atoms with Gasteiger partial charge in [0.25, 0.3) is 0 Å². The van der Waals surface area contributed by atoms with Gasteiger partial charge in [0.1, 0.15) is 0 Å². The molecule has 1 rings (SSSR count). The SMILES string of the molecule is C=C(C)/C(=C(/C)NC)c1ccc(C(C)C)nc1. The van der Waals surface area contributed by atoms with Crippen molar-refractivity contribution in [2.75, 3.05) is 7.05 Å². The van der Waals surface area contributed by atoms with E-state index in [2.05, 4.69) is 49.8 Å². The second-order valence-corrected chi connectivity index (χ2v) is 4.66. The molecule has 0 bridgehead atoms. The van der Waals surface area contributed by atoms with Gasteiger partial charge in [-0.15, -0.1) is 0 Å². The van der Waals surface area contributed by atoms with Crippen LogP contribution >= 0.6 is 0 Å². The van der Waals surface area contributed by atoms with Crippen molar-refractivity contribution < 1.29 is 0 Å². The Morgan fingerprint density at radius 2 is 1.94 bits per heavy atom. The Balaban J connectivity index is 3.18. The molecule has 0 aliphatic carbocycles. The van der Waals surface area contributed by atoms with Gasteiger partial charge in [0.2, 0.25) is 0 Å². The van der Waals surface area contributed by atoms with Crippen molar-refractivity contribution in [3.63, 3.8) is 0 Å². The first kappa shape index (κ1) is 13.5. The van der Waals surface area contributed by atoms with E-state index in [1.807, 2.05) is 20.2 Å². The van der Waals surface area contributed by atoms with Crippen molar-refractivity contribution in [2.45, 2.75) is 33.6 Å². The maximum Gasteiger partial charge on any atom is 0.0429 e. The molecular weight excluding hydrogens is 208 g/mol. The summed E-state index contributed by atoms with van der Waals surface area (Å²) < 4.78 is 0. The minimum absolute atomic E-state index is 0.465. The summed E-state index contributed by atoms with van der Waals surface area (Å²) in [5, 5.41) is 3.17. The van der Waals surface area contributed by atoms with Gasteiger partial charge in [-0.3, -0.25) is 4.98 Å². The van der Waals surface area contributed by atoms with Crippen LogP contribution in [0.3, 0.4) is 0 Å². The lowest BCUT2D eigenvalue weighted by Crippen LogP contribution is -2.06. The molecular formula is C15H22N2. The third kappa shape index (κ3) is 3.19. The van der Waals surface area contributed by atoms with E-state index in [9.17, 15) is 0 Å². The molecule has 1 N–H and O–H groups in total. The summed E-state index contributed by atoms with van der Waals surface area (Å²) in [6, 6.07) is 4.21. The highest BCUT2D eigenvalue weighted by atomic mass is 14.8.